The lowest BCUT2D eigenvalue weighted by atomic mass is 9.77. The van der Waals surface area contributed by atoms with E-state index in [1.807, 2.05) is 58.6 Å². The normalized spacial score (nSPS) is 23.3. The third-order valence-corrected chi connectivity index (χ3v) is 6.02. The molecule has 3 nitrogen and oxygen atoms in total. The topological polar surface area (TPSA) is 40.5 Å². The van der Waals surface area contributed by atoms with E-state index >= 15 is 8.78 Å². The van der Waals surface area contributed by atoms with Crippen molar-refractivity contribution >= 4 is 5.97 Å². The molecule has 8 heteroatoms. The Morgan fingerprint density at radius 1 is 1.12 bits per heavy atom. The first-order valence-corrected chi connectivity index (χ1v) is 11.5. The Hall–Kier alpha value is -1.96. The number of hydrogen-bond donors (Lipinski definition) is 1. The van der Waals surface area contributed by atoms with Crippen LogP contribution in [0.25, 0.3) is 0 Å². The Morgan fingerprint density at radius 2 is 1.68 bits per heavy atom. The fourth-order valence-electron chi connectivity index (χ4n) is 4.50. The number of aliphatic carboxylic acids is 1. The zero-order chi connectivity index (χ0) is 26.1. The molecule has 1 N–H and O–H groups in total. The van der Waals surface area contributed by atoms with Crippen molar-refractivity contribution in [3.8, 4) is 0 Å². The van der Waals surface area contributed by atoms with Crippen LogP contribution in [0.2, 0.25) is 0 Å². The van der Waals surface area contributed by atoms with Crippen LogP contribution in [0, 0.1) is 16.7 Å². The molecule has 1 aliphatic rings. The fraction of sp³-hybridized carbons (Fsp3) is 0.654. The second-order valence-corrected chi connectivity index (χ2v) is 11.6. The molecule has 1 aliphatic heterocycles. The summed E-state index contributed by atoms with van der Waals surface area (Å²) >= 11 is 0. The van der Waals surface area contributed by atoms with Crippen molar-refractivity contribution in [2.75, 3.05) is 6.54 Å². The number of allylic oxidation sites excluding steroid dienone is 1. The van der Waals surface area contributed by atoms with Crippen molar-refractivity contribution in [1.29, 1.82) is 0 Å². The second-order valence-electron chi connectivity index (χ2n) is 11.6. The molecule has 3 atom stereocenters. The Labute approximate surface area is 199 Å². The van der Waals surface area contributed by atoms with Gasteiger partial charge in [0.1, 0.15) is 0 Å². The van der Waals surface area contributed by atoms with Crippen LogP contribution in [-0.2, 0) is 11.0 Å². The van der Waals surface area contributed by atoms with E-state index in [1.54, 1.807) is 0 Å². The minimum absolute atomic E-state index is 0.00401. The highest BCUT2D eigenvalue weighted by molar-refractivity contribution is 5.67. The van der Waals surface area contributed by atoms with Gasteiger partial charge in [-0.3, -0.25) is 9.69 Å². The van der Waals surface area contributed by atoms with Gasteiger partial charge in [-0.25, -0.2) is 8.78 Å². The Morgan fingerprint density at radius 3 is 2.12 bits per heavy atom. The molecule has 1 heterocycles. The van der Waals surface area contributed by atoms with E-state index in [0.29, 0.717) is 6.42 Å². The maximum absolute atomic E-state index is 15.1. The third-order valence-electron chi connectivity index (χ3n) is 6.02. The van der Waals surface area contributed by atoms with E-state index in [9.17, 15) is 23.1 Å². The zero-order valence-corrected chi connectivity index (χ0v) is 20.7. The van der Waals surface area contributed by atoms with Crippen molar-refractivity contribution < 1.29 is 31.9 Å². The fourth-order valence-corrected chi connectivity index (χ4v) is 4.50. The summed E-state index contributed by atoms with van der Waals surface area (Å²) in [5, 5.41) is 9.42. The SMILES string of the molecule is CC(C)(C)C=C[C@H](CC(C)(C)C)N1CCC(F)(F)[C@H](CC(=O)O)[C@H]1c1ccc(C(F)(F)F)cc1. The van der Waals surface area contributed by atoms with Gasteiger partial charge in [0.05, 0.1) is 17.9 Å². The molecule has 2 rings (SSSR count). The molecule has 0 amide bonds. The first kappa shape index (κ1) is 28.3. The molecule has 1 aromatic rings. The summed E-state index contributed by atoms with van der Waals surface area (Å²) in [6, 6.07) is 2.83. The van der Waals surface area contributed by atoms with Gasteiger partial charge in [0.25, 0.3) is 5.92 Å². The number of carbonyl (C=O) groups is 1. The predicted octanol–water partition coefficient (Wildman–Crippen LogP) is 7.59. The van der Waals surface area contributed by atoms with Crippen LogP contribution in [0.15, 0.2) is 36.4 Å². The number of halogens is 5. The van der Waals surface area contributed by atoms with Gasteiger partial charge in [-0.05, 0) is 34.9 Å². The van der Waals surface area contributed by atoms with E-state index in [1.165, 1.54) is 12.1 Å². The molecule has 1 saturated heterocycles. The first-order valence-electron chi connectivity index (χ1n) is 11.5. The summed E-state index contributed by atoms with van der Waals surface area (Å²) in [4.78, 5) is 13.4. The highest BCUT2D eigenvalue weighted by atomic mass is 19.4. The quantitative estimate of drug-likeness (QED) is 0.331. The average molecular weight is 490 g/mol. The van der Waals surface area contributed by atoms with Gasteiger partial charge in [0, 0.05) is 25.0 Å². The van der Waals surface area contributed by atoms with Gasteiger partial charge in [0.2, 0.25) is 0 Å². The predicted molar refractivity (Wildman–Crippen MR) is 123 cm³/mol. The third kappa shape index (κ3) is 7.79. The van der Waals surface area contributed by atoms with E-state index in [4.69, 9.17) is 0 Å². The van der Waals surface area contributed by atoms with Crippen molar-refractivity contribution in [3.63, 3.8) is 0 Å². The van der Waals surface area contributed by atoms with Crippen LogP contribution in [0.3, 0.4) is 0 Å². The van der Waals surface area contributed by atoms with Crippen LogP contribution in [0.5, 0.6) is 0 Å². The lowest BCUT2D eigenvalue weighted by molar-refractivity contribution is -0.161. The number of alkyl halides is 5. The Kier molecular flexibility index (Phi) is 8.28. The molecule has 0 radical (unpaired) electrons. The van der Waals surface area contributed by atoms with Gasteiger partial charge in [0.15, 0.2) is 0 Å². The number of rotatable bonds is 6. The van der Waals surface area contributed by atoms with Gasteiger partial charge >= 0.3 is 12.1 Å². The number of benzene rings is 1. The number of piperidine rings is 1. The highest BCUT2D eigenvalue weighted by Crippen LogP contribution is 2.49. The van der Waals surface area contributed by atoms with Gasteiger partial charge < -0.3 is 5.11 Å². The van der Waals surface area contributed by atoms with Crippen molar-refractivity contribution in [3.05, 3.63) is 47.5 Å². The van der Waals surface area contributed by atoms with E-state index in [0.717, 1.165) is 12.1 Å². The van der Waals surface area contributed by atoms with Crippen LogP contribution >= 0.6 is 0 Å². The first-order chi connectivity index (χ1) is 15.3. The maximum atomic E-state index is 15.1. The van der Waals surface area contributed by atoms with Gasteiger partial charge in [-0.15, -0.1) is 0 Å². The summed E-state index contributed by atoms with van der Waals surface area (Å²) in [6.45, 7) is 12.2. The maximum Gasteiger partial charge on any atom is 0.416 e. The van der Waals surface area contributed by atoms with Crippen molar-refractivity contribution in [1.82, 2.24) is 4.90 Å². The number of hydrogen-bond acceptors (Lipinski definition) is 2. The molecule has 0 aromatic heterocycles. The monoisotopic (exact) mass is 489 g/mol. The summed E-state index contributed by atoms with van der Waals surface area (Å²) in [5.74, 6) is -6.19. The summed E-state index contributed by atoms with van der Waals surface area (Å²) in [7, 11) is 0. The lowest BCUT2D eigenvalue weighted by Gasteiger charge is -2.49. The van der Waals surface area contributed by atoms with Crippen LogP contribution in [0.4, 0.5) is 22.0 Å². The molecule has 0 aliphatic carbocycles. The van der Waals surface area contributed by atoms with Crippen molar-refractivity contribution in [2.24, 2.45) is 16.7 Å². The molecule has 192 valence electrons. The van der Waals surface area contributed by atoms with Crippen molar-refractivity contribution in [2.45, 2.75) is 85.0 Å². The second kappa shape index (κ2) is 9.96. The van der Waals surface area contributed by atoms with Crippen LogP contribution < -0.4 is 0 Å². The van der Waals surface area contributed by atoms with Crippen LogP contribution in [-0.4, -0.2) is 34.5 Å². The molecule has 0 unspecified atom stereocenters. The number of carboxylic acids is 1. The average Bonchev–Trinajstić information content (AvgIpc) is 2.64. The smallest absolute Gasteiger partial charge is 0.416 e. The largest absolute Gasteiger partial charge is 0.481 e. The molecule has 0 bridgehead atoms. The Balaban J connectivity index is 2.63. The number of likely N-dealkylation sites (tertiary alicyclic amines) is 1. The highest BCUT2D eigenvalue weighted by Gasteiger charge is 2.52. The summed E-state index contributed by atoms with van der Waals surface area (Å²) in [6.07, 6.45) is -1.25. The number of carboxylic acid groups (broad SMARTS) is 1. The minimum atomic E-state index is -4.56. The molecular formula is C26H36F5NO2. The van der Waals surface area contributed by atoms with E-state index in [2.05, 4.69) is 0 Å². The van der Waals surface area contributed by atoms with Gasteiger partial charge in [-0.2, -0.15) is 13.2 Å². The molecule has 1 fully saturated rings. The minimum Gasteiger partial charge on any atom is -0.481 e. The van der Waals surface area contributed by atoms with Crippen LogP contribution in [0.1, 0.15) is 78.0 Å². The number of nitrogens with zero attached hydrogens (tertiary/aromatic N) is 1. The summed E-state index contributed by atoms with van der Waals surface area (Å²) < 4.78 is 69.5. The molecular weight excluding hydrogens is 453 g/mol. The van der Waals surface area contributed by atoms with Gasteiger partial charge in [-0.1, -0.05) is 65.8 Å². The summed E-state index contributed by atoms with van der Waals surface area (Å²) in [5.41, 5.74) is -0.944. The lowest BCUT2D eigenvalue weighted by Crippen LogP contribution is -2.53. The molecule has 0 spiro atoms. The molecule has 34 heavy (non-hydrogen) atoms. The Bertz CT molecular complexity index is 863. The molecule has 0 saturated carbocycles. The zero-order valence-electron chi connectivity index (χ0n) is 20.7. The van der Waals surface area contributed by atoms with E-state index < -0.39 is 48.4 Å². The molecule has 1 aromatic carbocycles. The standard InChI is InChI=1S/C26H36F5NO2/c1-23(2,3)12-11-19(16-24(4,5)6)32-14-13-25(27,28)20(15-21(33)34)22(32)17-7-9-18(10-8-17)26(29,30)31/h7-12,19-20,22H,13-16H2,1-6H3,(H,33,34)/t19-,20-,22-/m1/s1. The van der Waals surface area contributed by atoms with E-state index in [-0.39, 0.29) is 29.0 Å².